The fraction of sp³-hybridized carbons (Fsp3) is 0.483. The minimum absolute atomic E-state index is 0.129. The van der Waals surface area contributed by atoms with Gasteiger partial charge in [-0.3, -0.25) is 9.56 Å². The van der Waals surface area contributed by atoms with Crippen LogP contribution in [0.25, 0.3) is 5.69 Å². The van der Waals surface area contributed by atoms with E-state index < -0.39 is 9.84 Å². The van der Waals surface area contributed by atoms with Gasteiger partial charge >= 0.3 is 0 Å². The maximum atomic E-state index is 12.9. The van der Waals surface area contributed by atoms with Crippen molar-refractivity contribution in [1.29, 1.82) is 0 Å². The molecule has 8 heteroatoms. The predicted octanol–water partition coefficient (Wildman–Crippen LogP) is 5.86. The zero-order chi connectivity index (χ0) is 26.7. The molecule has 0 atom stereocenters. The Hall–Kier alpha value is -3.00. The minimum Gasteiger partial charge on any atom is -0.370 e. The standard InChI is InChI=1S/C29H39N5O2S/c1-7-15-33(16-8-2)24-14-13-21(6)26-27(22-11-10-12-23(18-22)37(35,36)17-9-3)30-19-25-31-32-29(20(4)5)34(25)28(24)26/h10-14,18,20H,7-9,15-17,19H2,1-6H3. The molecule has 0 unspecified atom stereocenters. The summed E-state index contributed by atoms with van der Waals surface area (Å²) in [5.41, 5.74) is 5.89. The van der Waals surface area contributed by atoms with Crippen LogP contribution in [-0.2, 0) is 16.4 Å². The maximum Gasteiger partial charge on any atom is 0.178 e. The Balaban J connectivity index is 2.03. The molecule has 0 N–H and O–H groups in total. The third-order valence-electron chi connectivity index (χ3n) is 6.74. The van der Waals surface area contributed by atoms with E-state index in [2.05, 4.69) is 66.4 Å². The average molecular weight is 522 g/mol. The average Bonchev–Trinajstić information content (AvgIpc) is 3.21. The fourth-order valence-electron chi connectivity index (χ4n) is 5.09. The molecular weight excluding hydrogens is 482 g/mol. The number of aliphatic imine (C=N–C) groups is 1. The largest absolute Gasteiger partial charge is 0.370 e. The van der Waals surface area contributed by atoms with Crippen molar-refractivity contribution in [2.75, 3.05) is 23.7 Å². The van der Waals surface area contributed by atoms with Crippen molar-refractivity contribution in [1.82, 2.24) is 14.8 Å². The molecule has 0 amide bonds. The normalized spacial score (nSPS) is 13.2. The second kappa shape index (κ2) is 11.2. The number of hydrogen-bond donors (Lipinski definition) is 0. The summed E-state index contributed by atoms with van der Waals surface area (Å²) in [6.07, 6.45) is 2.65. The van der Waals surface area contributed by atoms with Gasteiger partial charge < -0.3 is 4.90 Å². The number of anilines is 1. The van der Waals surface area contributed by atoms with Crippen LogP contribution in [0.4, 0.5) is 5.69 Å². The summed E-state index contributed by atoms with van der Waals surface area (Å²) in [5, 5.41) is 9.13. The van der Waals surface area contributed by atoms with Gasteiger partial charge in [0.1, 0.15) is 12.4 Å². The van der Waals surface area contributed by atoms with Gasteiger partial charge in [-0.15, -0.1) is 10.2 Å². The second-order valence-electron chi connectivity index (χ2n) is 10.1. The van der Waals surface area contributed by atoms with Gasteiger partial charge in [-0.1, -0.05) is 52.8 Å². The Morgan fingerprint density at radius 2 is 1.73 bits per heavy atom. The number of sulfone groups is 1. The van der Waals surface area contributed by atoms with E-state index in [0.717, 1.165) is 71.4 Å². The van der Waals surface area contributed by atoms with E-state index in [1.807, 2.05) is 19.1 Å². The molecule has 0 radical (unpaired) electrons. The van der Waals surface area contributed by atoms with Crippen molar-refractivity contribution < 1.29 is 8.42 Å². The molecule has 4 rings (SSSR count). The van der Waals surface area contributed by atoms with Gasteiger partial charge in [0.25, 0.3) is 0 Å². The van der Waals surface area contributed by atoms with E-state index in [0.29, 0.717) is 17.9 Å². The van der Waals surface area contributed by atoms with E-state index in [1.165, 1.54) is 0 Å². The molecule has 0 spiro atoms. The molecule has 1 aliphatic rings. The Kier molecular flexibility index (Phi) is 8.17. The van der Waals surface area contributed by atoms with Gasteiger partial charge in [0.2, 0.25) is 0 Å². The lowest BCUT2D eigenvalue weighted by Crippen LogP contribution is -2.27. The first-order valence-electron chi connectivity index (χ1n) is 13.4. The number of aryl methyl sites for hydroxylation is 1. The van der Waals surface area contributed by atoms with Gasteiger partial charge in [0.15, 0.2) is 15.7 Å². The van der Waals surface area contributed by atoms with Crippen molar-refractivity contribution in [3.8, 4) is 5.69 Å². The quantitative estimate of drug-likeness (QED) is 0.334. The zero-order valence-electron chi connectivity index (χ0n) is 23.0. The van der Waals surface area contributed by atoms with E-state index in [-0.39, 0.29) is 11.7 Å². The van der Waals surface area contributed by atoms with Crippen LogP contribution >= 0.6 is 0 Å². The molecule has 0 aliphatic carbocycles. The molecule has 0 saturated heterocycles. The minimum atomic E-state index is -3.36. The number of hydrogen-bond acceptors (Lipinski definition) is 6. The van der Waals surface area contributed by atoms with Crippen molar-refractivity contribution >= 4 is 21.2 Å². The maximum absolute atomic E-state index is 12.9. The highest BCUT2D eigenvalue weighted by atomic mass is 32.2. The van der Waals surface area contributed by atoms with Crippen LogP contribution < -0.4 is 4.90 Å². The van der Waals surface area contributed by atoms with E-state index in [4.69, 9.17) is 4.99 Å². The number of aromatic nitrogens is 3. The van der Waals surface area contributed by atoms with Crippen LogP contribution in [0.15, 0.2) is 46.3 Å². The Morgan fingerprint density at radius 3 is 2.38 bits per heavy atom. The lowest BCUT2D eigenvalue weighted by molar-refractivity contribution is 0.594. The first-order valence-corrected chi connectivity index (χ1v) is 15.1. The first kappa shape index (κ1) is 27.0. The highest BCUT2D eigenvalue weighted by molar-refractivity contribution is 7.91. The predicted molar refractivity (Wildman–Crippen MR) is 151 cm³/mol. The molecule has 37 heavy (non-hydrogen) atoms. The summed E-state index contributed by atoms with van der Waals surface area (Å²) in [6, 6.07) is 11.6. The molecular formula is C29H39N5O2S. The molecule has 1 aromatic heterocycles. The van der Waals surface area contributed by atoms with Crippen LogP contribution in [-0.4, -0.2) is 47.7 Å². The molecule has 7 nitrogen and oxygen atoms in total. The van der Waals surface area contributed by atoms with Gasteiger partial charge in [-0.2, -0.15) is 0 Å². The summed E-state index contributed by atoms with van der Waals surface area (Å²) in [7, 11) is -3.36. The van der Waals surface area contributed by atoms with Crippen LogP contribution in [0, 0.1) is 6.92 Å². The van der Waals surface area contributed by atoms with Crippen LogP contribution in [0.5, 0.6) is 0 Å². The van der Waals surface area contributed by atoms with Crippen LogP contribution in [0.2, 0.25) is 0 Å². The third-order valence-corrected chi connectivity index (χ3v) is 8.66. The molecule has 0 saturated carbocycles. The molecule has 198 valence electrons. The number of benzene rings is 2. The third kappa shape index (κ3) is 5.21. The molecule has 0 fully saturated rings. The molecule has 3 aromatic rings. The Morgan fingerprint density at radius 1 is 1.00 bits per heavy atom. The topological polar surface area (TPSA) is 80.5 Å². The molecule has 0 bridgehead atoms. The summed E-state index contributed by atoms with van der Waals surface area (Å²) in [5.74, 6) is 2.02. The number of nitrogens with zero attached hydrogens (tertiary/aromatic N) is 5. The van der Waals surface area contributed by atoms with E-state index in [9.17, 15) is 8.42 Å². The number of rotatable bonds is 10. The first-order chi connectivity index (χ1) is 17.7. The van der Waals surface area contributed by atoms with Crippen molar-refractivity contribution in [2.45, 2.75) is 78.2 Å². The van der Waals surface area contributed by atoms with Gasteiger partial charge in [-0.05, 0) is 49.9 Å². The van der Waals surface area contributed by atoms with Gasteiger partial charge in [0.05, 0.1) is 27.7 Å². The highest BCUT2D eigenvalue weighted by Crippen LogP contribution is 2.37. The SMILES string of the molecule is CCCN(CCC)c1ccc(C)c2c1-n1c(nnc1C(C)C)CN=C2c1cccc(S(=O)(=O)CCC)c1. The van der Waals surface area contributed by atoms with E-state index in [1.54, 1.807) is 12.1 Å². The second-order valence-corrected chi connectivity index (χ2v) is 12.2. The summed E-state index contributed by atoms with van der Waals surface area (Å²) in [4.78, 5) is 7.84. The van der Waals surface area contributed by atoms with Gasteiger partial charge in [-0.25, -0.2) is 8.42 Å². The van der Waals surface area contributed by atoms with E-state index >= 15 is 0 Å². The fourth-order valence-corrected chi connectivity index (χ4v) is 6.46. The summed E-state index contributed by atoms with van der Waals surface area (Å²) in [6.45, 7) is 14.9. The molecule has 2 aromatic carbocycles. The monoisotopic (exact) mass is 521 g/mol. The Labute approximate surface area is 221 Å². The smallest absolute Gasteiger partial charge is 0.178 e. The number of fused-ring (bicyclic) bond motifs is 3. The summed E-state index contributed by atoms with van der Waals surface area (Å²) < 4.78 is 28.0. The van der Waals surface area contributed by atoms with Crippen molar-refractivity contribution in [2.24, 2.45) is 4.99 Å². The zero-order valence-corrected chi connectivity index (χ0v) is 23.8. The Bertz CT molecular complexity index is 1400. The highest BCUT2D eigenvalue weighted by Gasteiger charge is 2.29. The lowest BCUT2D eigenvalue weighted by Gasteiger charge is -2.29. The molecule has 2 heterocycles. The molecule has 1 aliphatic heterocycles. The van der Waals surface area contributed by atoms with Gasteiger partial charge in [0, 0.05) is 30.1 Å². The van der Waals surface area contributed by atoms with Crippen LogP contribution in [0.3, 0.4) is 0 Å². The van der Waals surface area contributed by atoms with Crippen LogP contribution in [0.1, 0.15) is 88.1 Å². The summed E-state index contributed by atoms with van der Waals surface area (Å²) >= 11 is 0. The van der Waals surface area contributed by atoms with Crippen molar-refractivity contribution in [3.05, 3.63) is 64.7 Å². The lowest BCUT2D eigenvalue weighted by atomic mass is 9.94. The van der Waals surface area contributed by atoms with Crippen molar-refractivity contribution in [3.63, 3.8) is 0 Å².